The predicted octanol–water partition coefficient (Wildman–Crippen LogP) is 2.54. The molecule has 0 saturated carbocycles. The molecule has 0 atom stereocenters. The van der Waals surface area contributed by atoms with Gasteiger partial charge in [-0.3, -0.25) is 0 Å². The first-order valence-electron chi connectivity index (χ1n) is 3.22. The Morgan fingerprint density at radius 1 is 1.40 bits per heavy atom. The molecule has 1 heterocycles. The Balaban J connectivity index is 2.95. The van der Waals surface area contributed by atoms with Gasteiger partial charge < -0.3 is 4.42 Å². The molecule has 1 radical (unpaired) electrons. The van der Waals surface area contributed by atoms with Gasteiger partial charge in [0.15, 0.2) is 0 Å². The molecule has 0 aliphatic heterocycles. The number of hydrogen-bond acceptors (Lipinski definition) is 1. The van der Waals surface area contributed by atoms with Gasteiger partial charge >= 0.3 is 0 Å². The molecule has 1 heteroatoms. The number of benzene rings is 1. The van der Waals surface area contributed by atoms with Gasteiger partial charge in [-0.15, -0.1) is 0 Å². The average Bonchev–Trinajstić information content (AvgIpc) is 2.36. The van der Waals surface area contributed by atoms with Crippen molar-refractivity contribution in [3.8, 4) is 0 Å². The van der Waals surface area contributed by atoms with Gasteiger partial charge in [0.2, 0.25) is 0 Å². The second kappa shape index (κ2) is 1.87. The van der Waals surface area contributed by atoms with Crippen molar-refractivity contribution < 1.29 is 4.42 Å². The van der Waals surface area contributed by atoms with Crippen LogP contribution in [0.1, 0.15) is 5.56 Å². The Kier molecular flexibility index (Phi) is 1.04. The topological polar surface area (TPSA) is 13.1 Å². The number of rotatable bonds is 0. The van der Waals surface area contributed by atoms with Crippen LogP contribution in [0.4, 0.5) is 0 Å². The maximum absolute atomic E-state index is 5.22. The van der Waals surface area contributed by atoms with Gasteiger partial charge in [-0.05, 0) is 24.6 Å². The molecule has 1 aromatic carbocycles. The Hall–Kier alpha value is -1.24. The fraction of sp³-hybridized carbons (Fsp3) is 0.111. The summed E-state index contributed by atoms with van der Waals surface area (Å²) in [6.45, 7) is 2.03. The quantitative estimate of drug-likeness (QED) is 0.535. The van der Waals surface area contributed by atoms with E-state index in [2.05, 4.69) is 6.07 Å². The van der Waals surface area contributed by atoms with Crippen LogP contribution in [0.5, 0.6) is 0 Å². The summed E-state index contributed by atoms with van der Waals surface area (Å²) in [5.41, 5.74) is 2.11. The van der Waals surface area contributed by atoms with Crippen LogP contribution in [-0.4, -0.2) is 0 Å². The van der Waals surface area contributed by atoms with E-state index in [1.807, 2.05) is 25.1 Å². The smallest absolute Gasteiger partial charge is 0.137 e. The molecule has 1 aromatic heterocycles. The van der Waals surface area contributed by atoms with Crippen molar-refractivity contribution in [3.05, 3.63) is 36.1 Å². The van der Waals surface area contributed by atoms with Crippen molar-refractivity contribution in [3.63, 3.8) is 0 Å². The number of furan rings is 1. The monoisotopic (exact) mass is 131 g/mol. The summed E-state index contributed by atoms with van der Waals surface area (Å²) >= 11 is 0. The molecule has 10 heavy (non-hydrogen) atoms. The minimum Gasteiger partial charge on any atom is -0.464 e. The Morgan fingerprint density at radius 2 is 2.30 bits per heavy atom. The van der Waals surface area contributed by atoms with E-state index in [1.165, 1.54) is 5.56 Å². The third-order valence-electron chi connectivity index (χ3n) is 1.60. The van der Waals surface area contributed by atoms with Crippen molar-refractivity contribution in [2.75, 3.05) is 0 Å². The van der Waals surface area contributed by atoms with Crippen molar-refractivity contribution in [1.82, 2.24) is 0 Å². The van der Waals surface area contributed by atoms with Gasteiger partial charge in [-0.25, -0.2) is 0 Å². The predicted molar refractivity (Wildman–Crippen MR) is 39.8 cm³/mol. The lowest BCUT2D eigenvalue weighted by molar-refractivity contribution is 0.613. The van der Waals surface area contributed by atoms with Crippen molar-refractivity contribution in [2.24, 2.45) is 0 Å². The van der Waals surface area contributed by atoms with Gasteiger partial charge in [0.1, 0.15) is 5.58 Å². The standard InChI is InChI=1S/C9H7O/c1-7-3-2-4-8-5-6-10-9(7)8/h2-3,5-6H,1H3. The molecule has 1 nitrogen and oxygen atoms in total. The largest absolute Gasteiger partial charge is 0.464 e. The van der Waals surface area contributed by atoms with Gasteiger partial charge in [0.05, 0.1) is 6.26 Å². The Labute approximate surface area is 59.3 Å². The second-order valence-corrected chi connectivity index (χ2v) is 2.32. The molecule has 49 valence electrons. The molecule has 0 aliphatic rings. The molecule has 0 bridgehead atoms. The van der Waals surface area contributed by atoms with Crippen molar-refractivity contribution >= 4 is 11.0 Å². The minimum atomic E-state index is 0.947. The summed E-state index contributed by atoms with van der Waals surface area (Å²) in [6.07, 6.45) is 1.69. The second-order valence-electron chi connectivity index (χ2n) is 2.32. The number of fused-ring (bicyclic) bond motifs is 1. The van der Waals surface area contributed by atoms with E-state index >= 15 is 0 Å². The van der Waals surface area contributed by atoms with E-state index in [1.54, 1.807) is 6.26 Å². The molecule has 0 spiro atoms. The van der Waals surface area contributed by atoms with Crippen LogP contribution in [0.15, 0.2) is 28.9 Å². The summed E-state index contributed by atoms with van der Waals surface area (Å²) in [7, 11) is 0. The first-order chi connectivity index (χ1) is 4.88. The Morgan fingerprint density at radius 3 is 3.10 bits per heavy atom. The van der Waals surface area contributed by atoms with Gasteiger partial charge in [0.25, 0.3) is 0 Å². The van der Waals surface area contributed by atoms with Crippen LogP contribution in [0.2, 0.25) is 0 Å². The lowest BCUT2D eigenvalue weighted by Crippen LogP contribution is -1.70. The fourth-order valence-electron chi connectivity index (χ4n) is 1.06. The summed E-state index contributed by atoms with van der Waals surface area (Å²) in [5, 5.41) is 1.06. The van der Waals surface area contributed by atoms with Crippen LogP contribution in [-0.2, 0) is 0 Å². The normalized spacial score (nSPS) is 10.5. The highest BCUT2D eigenvalue weighted by molar-refractivity contribution is 5.79. The highest BCUT2D eigenvalue weighted by Gasteiger charge is 1.96. The number of hydrogen-bond donors (Lipinski definition) is 0. The van der Waals surface area contributed by atoms with E-state index in [4.69, 9.17) is 4.42 Å². The maximum atomic E-state index is 5.22. The summed E-state index contributed by atoms with van der Waals surface area (Å²) in [5.74, 6) is 0. The highest BCUT2D eigenvalue weighted by atomic mass is 16.3. The van der Waals surface area contributed by atoms with Crippen LogP contribution in [0.25, 0.3) is 11.0 Å². The van der Waals surface area contributed by atoms with Crippen LogP contribution in [0.3, 0.4) is 0 Å². The molecule has 0 N–H and O–H groups in total. The zero-order valence-electron chi connectivity index (χ0n) is 5.72. The van der Waals surface area contributed by atoms with Crippen molar-refractivity contribution in [2.45, 2.75) is 6.92 Å². The van der Waals surface area contributed by atoms with E-state index in [0.29, 0.717) is 0 Å². The zero-order valence-corrected chi connectivity index (χ0v) is 5.72. The summed E-state index contributed by atoms with van der Waals surface area (Å²) < 4.78 is 5.22. The third-order valence-corrected chi connectivity index (χ3v) is 1.60. The first-order valence-corrected chi connectivity index (χ1v) is 3.22. The van der Waals surface area contributed by atoms with E-state index in [0.717, 1.165) is 11.0 Å². The lowest BCUT2D eigenvalue weighted by atomic mass is 10.2. The van der Waals surface area contributed by atoms with Gasteiger partial charge in [-0.2, -0.15) is 0 Å². The van der Waals surface area contributed by atoms with Crippen molar-refractivity contribution in [1.29, 1.82) is 0 Å². The molecule has 0 unspecified atom stereocenters. The molecular formula is C9H7O. The Bertz CT molecular complexity index is 346. The first kappa shape index (κ1) is 5.54. The zero-order chi connectivity index (χ0) is 6.97. The molecule has 2 aromatic rings. The highest BCUT2D eigenvalue weighted by Crippen LogP contribution is 2.17. The molecule has 0 amide bonds. The van der Waals surface area contributed by atoms with E-state index in [-0.39, 0.29) is 0 Å². The van der Waals surface area contributed by atoms with E-state index < -0.39 is 0 Å². The number of aryl methyl sites for hydroxylation is 1. The van der Waals surface area contributed by atoms with Gasteiger partial charge in [-0.1, -0.05) is 12.1 Å². The van der Waals surface area contributed by atoms with Crippen LogP contribution >= 0.6 is 0 Å². The fourth-order valence-corrected chi connectivity index (χ4v) is 1.06. The molecular weight excluding hydrogens is 124 g/mol. The van der Waals surface area contributed by atoms with Crippen LogP contribution < -0.4 is 0 Å². The SMILES string of the molecule is Cc1cc[c]c2ccoc12. The molecule has 0 aliphatic carbocycles. The molecule has 0 saturated heterocycles. The van der Waals surface area contributed by atoms with Crippen LogP contribution in [0, 0.1) is 13.0 Å². The van der Waals surface area contributed by atoms with Gasteiger partial charge in [0, 0.05) is 5.39 Å². The lowest BCUT2D eigenvalue weighted by Gasteiger charge is -1.90. The molecule has 2 rings (SSSR count). The van der Waals surface area contributed by atoms with E-state index in [9.17, 15) is 0 Å². The minimum absolute atomic E-state index is 0.947. The third kappa shape index (κ3) is 0.637. The average molecular weight is 131 g/mol. The summed E-state index contributed by atoms with van der Waals surface area (Å²) in [6, 6.07) is 8.90. The molecule has 0 fully saturated rings. The maximum Gasteiger partial charge on any atom is 0.137 e. The summed E-state index contributed by atoms with van der Waals surface area (Å²) in [4.78, 5) is 0.